The lowest BCUT2D eigenvalue weighted by Gasteiger charge is -2.12. The fraction of sp³-hybridized carbons (Fsp3) is 0.462. The fourth-order valence-corrected chi connectivity index (χ4v) is 1.74. The number of hydrogen-bond acceptors (Lipinski definition) is 2. The second-order valence-electron chi connectivity index (χ2n) is 4.18. The molecule has 4 heteroatoms. The van der Waals surface area contributed by atoms with Crippen LogP contribution in [0.3, 0.4) is 0 Å². The van der Waals surface area contributed by atoms with Crippen LogP contribution in [-0.2, 0) is 6.42 Å². The van der Waals surface area contributed by atoms with Gasteiger partial charge in [-0.2, -0.15) is 0 Å². The number of carbonyl (C=O) groups excluding carboxylic acids is 1. The summed E-state index contributed by atoms with van der Waals surface area (Å²) in [4.78, 5) is 10.6. The van der Waals surface area contributed by atoms with E-state index in [1.54, 1.807) is 7.11 Å². The summed E-state index contributed by atoms with van der Waals surface area (Å²) in [6.07, 6.45) is 0.711. The van der Waals surface area contributed by atoms with Gasteiger partial charge in [-0.3, -0.25) is 4.79 Å². The average molecular weight is 256 g/mol. The third-order valence-electron chi connectivity index (χ3n) is 2.63. The van der Waals surface area contributed by atoms with Crippen molar-refractivity contribution < 1.29 is 9.53 Å². The first kappa shape index (κ1) is 13.8. The molecule has 0 aliphatic carbocycles. The second-order valence-corrected chi connectivity index (χ2v) is 4.52. The van der Waals surface area contributed by atoms with Gasteiger partial charge in [0.05, 0.1) is 7.11 Å². The zero-order valence-corrected chi connectivity index (χ0v) is 11.2. The summed E-state index contributed by atoms with van der Waals surface area (Å²) in [6, 6.07) is 6.14. The molecule has 0 aliphatic rings. The number of carbonyl (C=O) groups is 1. The van der Waals surface area contributed by atoms with E-state index >= 15 is 0 Å². The van der Waals surface area contributed by atoms with Crippen LogP contribution in [0.1, 0.15) is 30.9 Å². The maximum absolute atomic E-state index is 10.6. The summed E-state index contributed by atoms with van der Waals surface area (Å²) in [6.45, 7) is 4.80. The monoisotopic (exact) mass is 255 g/mol. The molecule has 0 spiro atoms. The number of ether oxygens (including phenoxy) is 1. The second kappa shape index (κ2) is 6.50. The largest absolute Gasteiger partial charge is 0.496 e. The molecule has 1 aromatic carbocycles. The molecule has 0 radical (unpaired) electrons. The van der Waals surface area contributed by atoms with Crippen LogP contribution in [0.2, 0.25) is 0 Å². The number of nitrogens with one attached hydrogen (secondary N) is 1. The van der Waals surface area contributed by atoms with E-state index in [4.69, 9.17) is 16.3 Å². The van der Waals surface area contributed by atoms with E-state index in [1.165, 1.54) is 5.56 Å². The molecule has 0 heterocycles. The Bertz CT molecular complexity index is 391. The summed E-state index contributed by atoms with van der Waals surface area (Å²) in [7, 11) is 1.65. The predicted octanol–water partition coefficient (Wildman–Crippen LogP) is 3.31. The summed E-state index contributed by atoms with van der Waals surface area (Å²) in [5.74, 6) is 1.32. The van der Waals surface area contributed by atoms with Gasteiger partial charge < -0.3 is 10.1 Å². The lowest BCUT2D eigenvalue weighted by Crippen LogP contribution is -2.19. The van der Waals surface area contributed by atoms with Gasteiger partial charge in [0.2, 0.25) is 0 Å². The molecule has 3 nitrogen and oxygen atoms in total. The van der Waals surface area contributed by atoms with Crippen LogP contribution in [0, 0.1) is 0 Å². The molecule has 94 valence electrons. The topological polar surface area (TPSA) is 38.3 Å². The van der Waals surface area contributed by atoms with E-state index in [9.17, 15) is 4.79 Å². The summed E-state index contributed by atoms with van der Waals surface area (Å²) < 4.78 is 5.29. The quantitative estimate of drug-likeness (QED) is 0.648. The third-order valence-corrected chi connectivity index (χ3v) is 2.76. The van der Waals surface area contributed by atoms with Gasteiger partial charge in [-0.25, -0.2) is 0 Å². The molecule has 0 unspecified atom stereocenters. The van der Waals surface area contributed by atoms with E-state index in [2.05, 4.69) is 31.3 Å². The van der Waals surface area contributed by atoms with Crippen molar-refractivity contribution in [3.8, 4) is 5.75 Å². The first-order valence-corrected chi connectivity index (χ1v) is 6.02. The number of benzene rings is 1. The Balaban J connectivity index is 2.79. The van der Waals surface area contributed by atoms with Crippen LogP contribution in [-0.4, -0.2) is 19.0 Å². The number of hydrogen-bond donors (Lipinski definition) is 1. The highest BCUT2D eigenvalue weighted by Gasteiger charge is 2.07. The Hall–Kier alpha value is -1.22. The van der Waals surface area contributed by atoms with Crippen LogP contribution >= 0.6 is 11.6 Å². The predicted molar refractivity (Wildman–Crippen MR) is 70.0 cm³/mol. The molecule has 0 saturated heterocycles. The Kier molecular flexibility index (Phi) is 5.29. The Morgan fingerprint density at radius 3 is 2.71 bits per heavy atom. The molecule has 17 heavy (non-hydrogen) atoms. The molecule has 0 aliphatic heterocycles. The fourth-order valence-electron chi connectivity index (χ4n) is 1.65. The molecule has 0 aromatic heterocycles. The van der Waals surface area contributed by atoms with Crippen molar-refractivity contribution >= 4 is 17.0 Å². The summed E-state index contributed by atoms with van der Waals surface area (Å²) in [5, 5.41) is 2.04. The minimum absolute atomic E-state index is 0.474. The Labute approximate surface area is 107 Å². The van der Waals surface area contributed by atoms with Crippen molar-refractivity contribution in [3.05, 3.63) is 29.3 Å². The summed E-state index contributed by atoms with van der Waals surface area (Å²) >= 11 is 5.22. The molecule has 1 aromatic rings. The molecule has 0 saturated carbocycles. The smallest absolute Gasteiger partial charge is 0.313 e. The standard InChI is InChI=1S/C13H18ClNO2/c1-9(2)10-4-5-12(17-3)11(8-10)6-7-15-13(14)16/h4-5,8-9H,6-7H2,1-3H3,(H,15,16). The van der Waals surface area contributed by atoms with Gasteiger partial charge in [0.15, 0.2) is 0 Å². The van der Waals surface area contributed by atoms with Gasteiger partial charge in [0.1, 0.15) is 5.75 Å². The highest BCUT2D eigenvalue weighted by Crippen LogP contribution is 2.24. The van der Waals surface area contributed by atoms with Crippen LogP contribution < -0.4 is 10.1 Å². The van der Waals surface area contributed by atoms with Gasteiger partial charge >= 0.3 is 5.37 Å². The lowest BCUT2D eigenvalue weighted by atomic mass is 9.99. The zero-order valence-electron chi connectivity index (χ0n) is 10.4. The Morgan fingerprint density at radius 2 is 2.18 bits per heavy atom. The summed E-state index contributed by atoms with van der Waals surface area (Å²) in [5.41, 5.74) is 2.35. The average Bonchev–Trinajstić information content (AvgIpc) is 2.28. The molecule has 1 rings (SSSR count). The minimum atomic E-state index is -0.524. The lowest BCUT2D eigenvalue weighted by molar-refractivity contribution is 0.260. The van der Waals surface area contributed by atoms with Crippen molar-refractivity contribution in [2.24, 2.45) is 0 Å². The first-order chi connectivity index (χ1) is 8.04. The van der Waals surface area contributed by atoms with Crippen LogP contribution in [0.4, 0.5) is 4.79 Å². The van der Waals surface area contributed by atoms with Gasteiger partial charge in [-0.05, 0) is 41.1 Å². The Morgan fingerprint density at radius 1 is 1.47 bits per heavy atom. The first-order valence-electron chi connectivity index (χ1n) is 5.64. The van der Waals surface area contributed by atoms with Gasteiger partial charge in [-0.15, -0.1) is 0 Å². The van der Waals surface area contributed by atoms with E-state index < -0.39 is 5.37 Å². The van der Waals surface area contributed by atoms with Crippen LogP contribution in [0.5, 0.6) is 5.75 Å². The van der Waals surface area contributed by atoms with Crippen LogP contribution in [0.25, 0.3) is 0 Å². The van der Waals surface area contributed by atoms with E-state index in [0.717, 1.165) is 11.3 Å². The third kappa shape index (κ3) is 4.27. The normalized spacial score (nSPS) is 10.4. The van der Waals surface area contributed by atoms with Gasteiger partial charge in [-0.1, -0.05) is 26.0 Å². The SMILES string of the molecule is COc1ccc(C(C)C)cc1CCNC(=O)Cl. The van der Waals surface area contributed by atoms with Crippen molar-refractivity contribution in [1.29, 1.82) is 0 Å². The number of halogens is 1. The molecule has 0 fully saturated rings. The van der Waals surface area contributed by atoms with Crippen molar-refractivity contribution in [2.75, 3.05) is 13.7 Å². The maximum atomic E-state index is 10.6. The molecule has 0 atom stereocenters. The highest BCUT2D eigenvalue weighted by molar-refractivity contribution is 6.62. The van der Waals surface area contributed by atoms with E-state index in [1.807, 2.05) is 6.07 Å². The molecule has 0 bridgehead atoms. The number of amides is 1. The number of rotatable bonds is 5. The minimum Gasteiger partial charge on any atom is -0.496 e. The maximum Gasteiger partial charge on any atom is 0.313 e. The molecule has 1 amide bonds. The van der Waals surface area contributed by atoms with Gasteiger partial charge in [0.25, 0.3) is 0 Å². The van der Waals surface area contributed by atoms with Crippen molar-refractivity contribution in [2.45, 2.75) is 26.2 Å². The zero-order chi connectivity index (χ0) is 12.8. The van der Waals surface area contributed by atoms with Crippen LogP contribution in [0.15, 0.2) is 18.2 Å². The van der Waals surface area contributed by atoms with Crippen molar-refractivity contribution in [1.82, 2.24) is 5.32 Å². The molecular formula is C13H18ClNO2. The van der Waals surface area contributed by atoms with E-state index in [0.29, 0.717) is 18.9 Å². The van der Waals surface area contributed by atoms with Crippen molar-refractivity contribution in [3.63, 3.8) is 0 Å². The molecule has 1 N–H and O–H groups in total. The van der Waals surface area contributed by atoms with Gasteiger partial charge in [0, 0.05) is 6.54 Å². The van der Waals surface area contributed by atoms with E-state index in [-0.39, 0.29) is 0 Å². The molecular weight excluding hydrogens is 238 g/mol. The number of methoxy groups -OCH3 is 1. The highest BCUT2D eigenvalue weighted by atomic mass is 35.5.